The van der Waals surface area contributed by atoms with Gasteiger partial charge < -0.3 is 11.1 Å². The summed E-state index contributed by atoms with van der Waals surface area (Å²) >= 11 is 6.09. The van der Waals surface area contributed by atoms with Gasteiger partial charge in [0.05, 0.1) is 16.6 Å². The molecule has 19 heavy (non-hydrogen) atoms. The molecule has 0 saturated carbocycles. The molecule has 0 radical (unpaired) electrons. The first kappa shape index (κ1) is 13.4. The second kappa shape index (κ2) is 5.76. The van der Waals surface area contributed by atoms with Crippen LogP contribution < -0.4 is 11.1 Å². The first-order valence-electron chi connectivity index (χ1n) is 5.99. The fourth-order valence-electron chi connectivity index (χ4n) is 1.77. The Balaban J connectivity index is 2.25. The molecule has 4 heteroatoms. The number of nitrogens with one attached hydrogen (secondary N) is 1. The van der Waals surface area contributed by atoms with Crippen molar-refractivity contribution in [3.63, 3.8) is 0 Å². The van der Waals surface area contributed by atoms with Crippen molar-refractivity contribution >= 4 is 28.9 Å². The number of nitrogens with two attached hydrogens (primary N) is 1. The van der Waals surface area contributed by atoms with E-state index in [-0.39, 0.29) is 11.8 Å². The third kappa shape index (κ3) is 3.26. The highest BCUT2D eigenvalue weighted by molar-refractivity contribution is 6.33. The number of primary amides is 1. The van der Waals surface area contributed by atoms with E-state index in [9.17, 15) is 4.79 Å². The van der Waals surface area contributed by atoms with Gasteiger partial charge in [-0.25, -0.2) is 0 Å². The van der Waals surface area contributed by atoms with E-state index in [4.69, 9.17) is 17.3 Å². The van der Waals surface area contributed by atoms with Gasteiger partial charge in [0.25, 0.3) is 0 Å². The van der Waals surface area contributed by atoms with Crippen LogP contribution in [0.5, 0.6) is 0 Å². The Bertz CT molecular complexity index is 598. The third-order valence-electron chi connectivity index (χ3n) is 2.97. The number of halogens is 1. The lowest BCUT2D eigenvalue weighted by Crippen LogP contribution is -2.18. The van der Waals surface area contributed by atoms with Gasteiger partial charge in [-0.2, -0.15) is 0 Å². The Hall–Kier alpha value is -2.00. The van der Waals surface area contributed by atoms with E-state index in [1.165, 1.54) is 0 Å². The van der Waals surface area contributed by atoms with E-state index < -0.39 is 0 Å². The molecular formula is C15H15ClN2O. The topological polar surface area (TPSA) is 55.1 Å². The summed E-state index contributed by atoms with van der Waals surface area (Å²) in [6, 6.07) is 15.1. The summed E-state index contributed by atoms with van der Waals surface area (Å²) in [6.45, 7) is 1.79. The van der Waals surface area contributed by atoms with Gasteiger partial charge >= 0.3 is 0 Å². The average molecular weight is 275 g/mol. The third-order valence-corrected chi connectivity index (χ3v) is 3.30. The lowest BCUT2D eigenvalue weighted by atomic mass is 10.0. The van der Waals surface area contributed by atoms with Crippen molar-refractivity contribution in [2.45, 2.75) is 12.8 Å². The van der Waals surface area contributed by atoms with Gasteiger partial charge in [0.2, 0.25) is 5.91 Å². The Morgan fingerprint density at radius 1 is 1.21 bits per heavy atom. The number of carbonyl (C=O) groups excluding carboxylic acids is 1. The van der Waals surface area contributed by atoms with E-state index in [2.05, 4.69) is 5.32 Å². The minimum Gasteiger partial charge on any atom is -0.369 e. The summed E-state index contributed by atoms with van der Waals surface area (Å²) in [5.41, 5.74) is 7.89. The molecule has 0 aliphatic heterocycles. The Kier molecular flexibility index (Phi) is 4.07. The van der Waals surface area contributed by atoms with E-state index >= 15 is 0 Å². The van der Waals surface area contributed by atoms with Gasteiger partial charge in [0.1, 0.15) is 0 Å². The Labute approximate surface area is 117 Å². The Morgan fingerprint density at radius 2 is 1.95 bits per heavy atom. The highest BCUT2D eigenvalue weighted by Gasteiger charge is 2.11. The van der Waals surface area contributed by atoms with Crippen LogP contribution in [0.15, 0.2) is 48.5 Å². The molecule has 0 saturated heterocycles. The molecule has 2 aromatic carbocycles. The van der Waals surface area contributed by atoms with Crippen LogP contribution >= 0.6 is 11.6 Å². The summed E-state index contributed by atoms with van der Waals surface area (Å²) in [7, 11) is 0. The fraction of sp³-hybridized carbons (Fsp3) is 0.133. The number of amides is 1. The lowest BCUT2D eigenvalue weighted by molar-refractivity contribution is -0.119. The first-order valence-corrected chi connectivity index (χ1v) is 6.36. The van der Waals surface area contributed by atoms with Crippen molar-refractivity contribution in [1.29, 1.82) is 0 Å². The molecule has 98 valence electrons. The zero-order valence-electron chi connectivity index (χ0n) is 10.6. The van der Waals surface area contributed by atoms with Crippen LogP contribution in [0.3, 0.4) is 0 Å². The maximum absolute atomic E-state index is 11.2. The largest absolute Gasteiger partial charge is 0.369 e. The van der Waals surface area contributed by atoms with Gasteiger partial charge in [-0.3, -0.25) is 4.79 Å². The molecule has 1 amide bonds. The number of hydrogen-bond donors (Lipinski definition) is 2. The van der Waals surface area contributed by atoms with Gasteiger partial charge in [0.15, 0.2) is 0 Å². The van der Waals surface area contributed by atoms with Gasteiger partial charge in [-0.05, 0) is 36.8 Å². The summed E-state index contributed by atoms with van der Waals surface area (Å²) in [5.74, 6) is -0.650. The summed E-state index contributed by atoms with van der Waals surface area (Å²) in [6.07, 6.45) is 0. The van der Waals surface area contributed by atoms with Gasteiger partial charge in [-0.1, -0.05) is 35.9 Å². The van der Waals surface area contributed by atoms with E-state index in [0.717, 1.165) is 16.9 Å². The highest BCUT2D eigenvalue weighted by Crippen LogP contribution is 2.26. The van der Waals surface area contributed by atoms with Crippen molar-refractivity contribution in [3.05, 3.63) is 59.1 Å². The number of rotatable bonds is 4. The molecule has 2 rings (SSSR count). The van der Waals surface area contributed by atoms with Crippen molar-refractivity contribution < 1.29 is 4.79 Å². The predicted molar refractivity (Wildman–Crippen MR) is 78.8 cm³/mol. The maximum Gasteiger partial charge on any atom is 0.224 e. The number of para-hydroxylation sites is 1. The zero-order valence-corrected chi connectivity index (χ0v) is 11.3. The molecule has 0 heterocycles. The lowest BCUT2D eigenvalue weighted by Gasteiger charge is -2.12. The van der Waals surface area contributed by atoms with E-state index in [0.29, 0.717) is 5.02 Å². The van der Waals surface area contributed by atoms with Crippen LogP contribution in [0.2, 0.25) is 5.02 Å². The number of hydrogen-bond acceptors (Lipinski definition) is 2. The van der Waals surface area contributed by atoms with Crippen molar-refractivity contribution in [3.8, 4) is 0 Å². The summed E-state index contributed by atoms with van der Waals surface area (Å²) < 4.78 is 0. The van der Waals surface area contributed by atoms with Gasteiger partial charge in [0, 0.05) is 5.69 Å². The van der Waals surface area contributed by atoms with Crippen molar-refractivity contribution in [1.82, 2.24) is 0 Å². The second-order valence-corrected chi connectivity index (χ2v) is 4.76. The average Bonchev–Trinajstić information content (AvgIpc) is 2.41. The molecule has 3 N–H and O–H groups in total. The smallest absolute Gasteiger partial charge is 0.224 e. The van der Waals surface area contributed by atoms with Crippen molar-refractivity contribution in [2.75, 3.05) is 5.32 Å². The predicted octanol–water partition coefficient (Wildman–Crippen LogP) is 3.67. The molecule has 2 aromatic rings. The molecule has 0 aromatic heterocycles. The number of anilines is 2. The highest BCUT2D eigenvalue weighted by atomic mass is 35.5. The SMILES string of the molecule is C[C@@H](C(N)=O)c1cccc(Nc2ccccc2Cl)c1. The number of carbonyl (C=O) groups is 1. The minimum atomic E-state index is -0.338. The second-order valence-electron chi connectivity index (χ2n) is 4.35. The monoisotopic (exact) mass is 274 g/mol. The number of benzene rings is 2. The van der Waals surface area contributed by atoms with Crippen LogP contribution in [0, 0.1) is 0 Å². The van der Waals surface area contributed by atoms with Crippen LogP contribution in [-0.4, -0.2) is 5.91 Å². The quantitative estimate of drug-likeness (QED) is 0.894. The summed E-state index contributed by atoms with van der Waals surface area (Å²) in [5, 5.41) is 3.87. The standard InChI is InChI=1S/C15H15ClN2O/c1-10(15(17)19)11-5-4-6-12(9-11)18-14-8-3-2-7-13(14)16/h2-10,18H,1H3,(H2,17,19)/t10-/m1/s1. The molecule has 0 spiro atoms. The van der Waals surface area contributed by atoms with E-state index in [1.54, 1.807) is 6.92 Å². The van der Waals surface area contributed by atoms with Gasteiger partial charge in [-0.15, -0.1) is 0 Å². The van der Waals surface area contributed by atoms with E-state index in [1.807, 2.05) is 48.5 Å². The molecule has 0 fully saturated rings. The normalized spacial score (nSPS) is 11.9. The summed E-state index contributed by atoms with van der Waals surface area (Å²) in [4.78, 5) is 11.2. The molecule has 3 nitrogen and oxygen atoms in total. The van der Waals surface area contributed by atoms with Crippen molar-refractivity contribution in [2.24, 2.45) is 5.73 Å². The van der Waals surface area contributed by atoms with Crippen LogP contribution in [0.25, 0.3) is 0 Å². The van der Waals surface area contributed by atoms with Crippen LogP contribution in [0.1, 0.15) is 18.4 Å². The van der Waals surface area contributed by atoms with Crippen LogP contribution in [-0.2, 0) is 4.79 Å². The zero-order chi connectivity index (χ0) is 13.8. The molecule has 0 aliphatic carbocycles. The maximum atomic E-state index is 11.2. The van der Waals surface area contributed by atoms with Crippen LogP contribution in [0.4, 0.5) is 11.4 Å². The molecule has 0 unspecified atom stereocenters. The molecule has 1 atom stereocenters. The molecule has 0 bridgehead atoms. The molecular weight excluding hydrogens is 260 g/mol. The first-order chi connectivity index (χ1) is 9.08. The fourth-order valence-corrected chi connectivity index (χ4v) is 1.95. The molecule has 0 aliphatic rings. The minimum absolute atomic E-state index is 0.312. The Morgan fingerprint density at radius 3 is 2.63 bits per heavy atom.